The Morgan fingerprint density at radius 1 is 1.38 bits per heavy atom. The molecule has 1 atom stereocenters. The number of amidine groups is 1. The second-order valence-corrected chi connectivity index (χ2v) is 5.43. The van der Waals surface area contributed by atoms with Gasteiger partial charge in [-0.3, -0.25) is 14.6 Å². The van der Waals surface area contributed by atoms with Crippen LogP contribution in [0.4, 0.5) is 5.69 Å². The van der Waals surface area contributed by atoms with Crippen LogP contribution in [-0.4, -0.2) is 35.2 Å². The number of aromatic carboxylic acids is 1. The molecule has 0 spiro atoms. The average Bonchev–Trinajstić information content (AvgIpc) is 2.80. The minimum atomic E-state index is -1.28. The zero-order valence-electron chi connectivity index (χ0n) is 11.1. The van der Waals surface area contributed by atoms with E-state index < -0.39 is 11.2 Å². The number of hydrogen-bond donors (Lipinski definition) is 2. The van der Waals surface area contributed by atoms with E-state index in [1.54, 1.807) is 7.05 Å². The summed E-state index contributed by atoms with van der Waals surface area (Å²) in [6.07, 6.45) is 0.0117. The number of hydrogen-bond acceptors (Lipinski definition) is 6. The predicted octanol–water partition coefficient (Wildman–Crippen LogP) is -0.404. The summed E-state index contributed by atoms with van der Waals surface area (Å²) in [5.41, 5.74) is 0.486. The Bertz CT molecular complexity index is 612. The number of thioether (sulfide) groups is 1. The lowest BCUT2D eigenvalue weighted by atomic mass is 10.2. The molecule has 0 saturated carbocycles. The van der Waals surface area contributed by atoms with Gasteiger partial charge in [0, 0.05) is 19.2 Å². The van der Waals surface area contributed by atoms with E-state index in [4.69, 9.17) is 0 Å². The van der Waals surface area contributed by atoms with Gasteiger partial charge in [-0.1, -0.05) is 23.9 Å². The van der Waals surface area contributed by atoms with Gasteiger partial charge in [-0.25, -0.2) is 0 Å². The maximum atomic E-state index is 11.9. The number of rotatable bonds is 4. The van der Waals surface area contributed by atoms with Crippen molar-refractivity contribution in [3.05, 3.63) is 29.8 Å². The number of amides is 2. The predicted molar refractivity (Wildman–Crippen MR) is 76.9 cm³/mol. The summed E-state index contributed by atoms with van der Waals surface area (Å²) in [6.45, 7) is 0. The highest BCUT2D eigenvalue weighted by molar-refractivity contribution is 8.15. The Kier molecular flexibility index (Phi) is 4.59. The highest BCUT2D eigenvalue weighted by atomic mass is 32.2. The van der Waals surface area contributed by atoms with Gasteiger partial charge in [0.1, 0.15) is 5.25 Å². The van der Waals surface area contributed by atoms with Gasteiger partial charge in [0.25, 0.3) is 0 Å². The van der Waals surface area contributed by atoms with Gasteiger partial charge in [0.15, 0.2) is 5.17 Å². The lowest BCUT2D eigenvalue weighted by molar-refractivity contribution is -0.255. The van der Waals surface area contributed by atoms with Crippen LogP contribution in [0.3, 0.4) is 0 Å². The summed E-state index contributed by atoms with van der Waals surface area (Å²) in [6, 6.07) is 5.60. The van der Waals surface area contributed by atoms with Crippen molar-refractivity contribution in [3.63, 3.8) is 0 Å². The third kappa shape index (κ3) is 3.82. The Hall–Kier alpha value is -2.35. The maximum Gasteiger partial charge on any atom is 0.240 e. The first kappa shape index (κ1) is 15.0. The summed E-state index contributed by atoms with van der Waals surface area (Å²) in [5, 5.41) is 15.8. The van der Waals surface area contributed by atoms with Crippen LogP contribution in [-0.2, 0) is 9.59 Å². The molecule has 2 rings (SSSR count). The van der Waals surface area contributed by atoms with E-state index in [-0.39, 0.29) is 23.8 Å². The Balaban J connectivity index is 1.93. The Morgan fingerprint density at radius 3 is 2.57 bits per heavy atom. The fraction of sp³-hybridized carbons (Fsp3) is 0.231. The smallest absolute Gasteiger partial charge is 0.240 e. The molecule has 7 nitrogen and oxygen atoms in total. The van der Waals surface area contributed by atoms with Gasteiger partial charge in [0.05, 0.1) is 5.97 Å². The lowest BCUT2D eigenvalue weighted by Gasteiger charge is -2.08. The summed E-state index contributed by atoms with van der Waals surface area (Å²) < 4.78 is 0. The zero-order chi connectivity index (χ0) is 15.4. The average molecular weight is 306 g/mol. The SMILES string of the molecule is CN=C1NC(=O)[C@@H](CC(=O)Nc2ccc(C(=O)[O-])cc2)S1. The fourth-order valence-electron chi connectivity index (χ4n) is 1.72. The molecule has 110 valence electrons. The van der Waals surface area contributed by atoms with Crippen molar-refractivity contribution in [3.8, 4) is 0 Å². The van der Waals surface area contributed by atoms with Crippen molar-refractivity contribution in [1.29, 1.82) is 0 Å². The van der Waals surface area contributed by atoms with Crippen molar-refractivity contribution in [2.45, 2.75) is 11.7 Å². The molecule has 0 bridgehead atoms. The second-order valence-electron chi connectivity index (χ2n) is 4.24. The number of carboxylic acids is 1. The molecule has 0 aliphatic carbocycles. The summed E-state index contributed by atoms with van der Waals surface area (Å²) >= 11 is 1.21. The van der Waals surface area contributed by atoms with Crippen LogP contribution in [0.2, 0.25) is 0 Å². The second kappa shape index (κ2) is 6.40. The van der Waals surface area contributed by atoms with Crippen LogP contribution < -0.4 is 15.7 Å². The van der Waals surface area contributed by atoms with Gasteiger partial charge in [-0.15, -0.1) is 0 Å². The molecule has 0 unspecified atom stereocenters. The maximum absolute atomic E-state index is 11.9. The monoisotopic (exact) mass is 306 g/mol. The molecule has 1 saturated heterocycles. The topological polar surface area (TPSA) is 111 Å². The number of benzene rings is 1. The molecule has 1 aliphatic rings. The number of aliphatic imine (C=N–C) groups is 1. The number of nitrogens with one attached hydrogen (secondary N) is 2. The third-order valence-corrected chi connectivity index (χ3v) is 3.93. The summed E-state index contributed by atoms with van der Waals surface area (Å²) in [5.74, 6) is -1.86. The Labute approximate surface area is 124 Å². The third-order valence-electron chi connectivity index (χ3n) is 2.75. The van der Waals surface area contributed by atoms with Crippen molar-refractivity contribution < 1.29 is 19.5 Å². The first-order valence-corrected chi connectivity index (χ1v) is 6.93. The van der Waals surface area contributed by atoms with E-state index in [1.165, 1.54) is 36.0 Å². The molecule has 21 heavy (non-hydrogen) atoms. The molecule has 1 aliphatic heterocycles. The van der Waals surface area contributed by atoms with Crippen LogP contribution in [0.15, 0.2) is 29.3 Å². The van der Waals surface area contributed by atoms with Gasteiger partial charge >= 0.3 is 0 Å². The molecular formula is C13H12N3O4S-. The van der Waals surface area contributed by atoms with Crippen molar-refractivity contribution in [2.75, 3.05) is 12.4 Å². The molecule has 1 aromatic carbocycles. The summed E-state index contributed by atoms with van der Waals surface area (Å²) in [4.78, 5) is 37.9. The van der Waals surface area contributed by atoms with Crippen molar-refractivity contribution in [1.82, 2.24) is 5.32 Å². The van der Waals surface area contributed by atoms with Crippen molar-refractivity contribution >= 4 is 40.4 Å². The molecule has 8 heteroatoms. The minimum absolute atomic E-state index is 0.0117. The molecule has 1 aromatic rings. The molecule has 2 amide bonds. The number of carbonyl (C=O) groups is 3. The first-order chi connectivity index (χ1) is 9.99. The minimum Gasteiger partial charge on any atom is -0.545 e. The van der Waals surface area contributed by atoms with Crippen LogP contribution in [0.5, 0.6) is 0 Å². The van der Waals surface area contributed by atoms with Gasteiger partial charge in [-0.05, 0) is 17.7 Å². The van der Waals surface area contributed by atoms with Crippen molar-refractivity contribution in [2.24, 2.45) is 4.99 Å². The van der Waals surface area contributed by atoms with Crippen LogP contribution in [0, 0.1) is 0 Å². The standard InChI is InChI=1S/C13H13N3O4S/c1-14-13-16-11(18)9(21-13)6-10(17)15-8-4-2-7(3-5-8)12(19)20/h2-5,9H,6H2,1H3,(H,15,17)(H,19,20)(H,14,16,18)/p-1/t9-/m1/s1. The first-order valence-electron chi connectivity index (χ1n) is 6.05. The molecule has 0 aromatic heterocycles. The van der Waals surface area contributed by atoms with E-state index in [9.17, 15) is 19.5 Å². The molecule has 2 N–H and O–H groups in total. The number of carbonyl (C=O) groups excluding carboxylic acids is 3. The van der Waals surface area contributed by atoms with Gasteiger partial charge < -0.3 is 20.5 Å². The molecule has 1 heterocycles. The van der Waals surface area contributed by atoms with E-state index in [0.717, 1.165) is 0 Å². The molecule has 1 fully saturated rings. The summed E-state index contributed by atoms with van der Waals surface area (Å²) in [7, 11) is 1.56. The fourth-order valence-corrected chi connectivity index (χ4v) is 2.65. The van der Waals surface area contributed by atoms with Gasteiger partial charge in [-0.2, -0.15) is 0 Å². The quantitative estimate of drug-likeness (QED) is 0.786. The highest BCUT2D eigenvalue weighted by Crippen LogP contribution is 2.22. The number of anilines is 1. The van der Waals surface area contributed by atoms with E-state index in [1.807, 2.05) is 0 Å². The molecule has 0 radical (unpaired) electrons. The number of nitrogens with zero attached hydrogens (tertiary/aromatic N) is 1. The van der Waals surface area contributed by atoms with Crippen LogP contribution >= 0.6 is 11.8 Å². The van der Waals surface area contributed by atoms with E-state index in [0.29, 0.717) is 10.9 Å². The zero-order valence-corrected chi connectivity index (χ0v) is 11.9. The largest absolute Gasteiger partial charge is 0.545 e. The van der Waals surface area contributed by atoms with Crippen LogP contribution in [0.25, 0.3) is 0 Å². The number of carboxylic acid groups (broad SMARTS) is 1. The van der Waals surface area contributed by atoms with E-state index in [2.05, 4.69) is 15.6 Å². The Morgan fingerprint density at radius 2 is 2.05 bits per heavy atom. The van der Waals surface area contributed by atoms with E-state index >= 15 is 0 Å². The highest BCUT2D eigenvalue weighted by Gasteiger charge is 2.31. The lowest BCUT2D eigenvalue weighted by Crippen LogP contribution is -2.28. The normalized spacial score (nSPS) is 19.4. The van der Waals surface area contributed by atoms with Gasteiger partial charge in [0.2, 0.25) is 11.8 Å². The molecular weight excluding hydrogens is 294 g/mol. The van der Waals surface area contributed by atoms with Crippen LogP contribution in [0.1, 0.15) is 16.8 Å².